The maximum atomic E-state index is 13.1. The molecule has 0 saturated carbocycles. The number of ether oxygens (including phenoxy) is 1. The van der Waals surface area contributed by atoms with Gasteiger partial charge in [-0.05, 0) is 36.1 Å². The number of nitrogens with zero attached hydrogens (tertiary/aromatic N) is 3. The van der Waals surface area contributed by atoms with E-state index in [0.29, 0.717) is 40.1 Å². The number of benzene rings is 2. The lowest BCUT2D eigenvalue weighted by Crippen LogP contribution is -2.48. The van der Waals surface area contributed by atoms with E-state index >= 15 is 0 Å². The number of aliphatic imine (C=N–C) groups is 1. The van der Waals surface area contributed by atoms with E-state index in [1.54, 1.807) is 47.5 Å². The highest BCUT2D eigenvalue weighted by Gasteiger charge is 2.34. The summed E-state index contributed by atoms with van der Waals surface area (Å²) >= 11 is 0. The first-order chi connectivity index (χ1) is 18.0. The van der Waals surface area contributed by atoms with Crippen molar-refractivity contribution < 1.29 is 24.0 Å². The molecule has 1 unspecified atom stereocenters. The molecule has 2 aromatic carbocycles. The van der Waals surface area contributed by atoms with E-state index in [4.69, 9.17) is 9.57 Å². The molecular weight excluding hydrogens is 474 g/mol. The molecule has 0 aromatic heterocycles. The Bertz CT molecular complexity index is 1460. The lowest BCUT2D eigenvalue weighted by Gasteiger charge is -2.27. The van der Waals surface area contributed by atoms with Crippen LogP contribution in [0.1, 0.15) is 33.6 Å². The fourth-order valence-corrected chi connectivity index (χ4v) is 4.99. The molecule has 4 aliphatic rings. The number of carbonyl (C=O) groups is 3. The summed E-state index contributed by atoms with van der Waals surface area (Å²) < 4.78 is 5.37. The molecule has 1 fully saturated rings. The quantitative estimate of drug-likeness (QED) is 0.273. The van der Waals surface area contributed by atoms with Crippen molar-refractivity contribution in [2.45, 2.75) is 18.9 Å². The highest BCUT2D eigenvalue weighted by atomic mass is 16.7. The molecule has 0 radical (unpaired) electrons. The molecule has 10 heteroatoms. The third-order valence-electron chi connectivity index (χ3n) is 6.79. The van der Waals surface area contributed by atoms with Gasteiger partial charge in [-0.2, -0.15) is 0 Å². The fourth-order valence-electron chi connectivity index (χ4n) is 4.99. The number of imide groups is 1. The molecule has 3 amide bonds. The Morgan fingerprint density at radius 2 is 1.78 bits per heavy atom. The van der Waals surface area contributed by atoms with Crippen LogP contribution in [0.15, 0.2) is 82.1 Å². The SMILES string of the molecule is COC1=C=C(ONNCN2C(=O)c3cccc4cccc(c34)C2=O)C=C2N=CC3CCCN3C(=O)C2=C1. The van der Waals surface area contributed by atoms with E-state index in [-0.39, 0.29) is 24.4 Å². The van der Waals surface area contributed by atoms with Gasteiger partial charge in [0, 0.05) is 41.4 Å². The van der Waals surface area contributed by atoms with Crippen LogP contribution in [0.5, 0.6) is 0 Å². The molecule has 2 N–H and O–H groups in total. The second-order valence-corrected chi connectivity index (χ2v) is 8.92. The number of carbonyl (C=O) groups excluding carboxylic acids is 3. The van der Waals surface area contributed by atoms with Crippen molar-refractivity contribution in [3.05, 3.63) is 88.2 Å². The second kappa shape index (κ2) is 9.18. The zero-order valence-electron chi connectivity index (χ0n) is 20.0. The summed E-state index contributed by atoms with van der Waals surface area (Å²) in [7, 11) is 1.47. The summed E-state index contributed by atoms with van der Waals surface area (Å²) in [5.74, 6) is -0.426. The number of methoxy groups -OCH3 is 1. The summed E-state index contributed by atoms with van der Waals surface area (Å²) in [5.41, 5.74) is 10.0. The minimum atomic E-state index is -0.401. The van der Waals surface area contributed by atoms with Gasteiger partial charge in [0.2, 0.25) is 0 Å². The molecule has 0 bridgehead atoms. The van der Waals surface area contributed by atoms with E-state index < -0.39 is 11.8 Å². The molecule has 10 nitrogen and oxygen atoms in total. The molecule has 1 saturated heterocycles. The van der Waals surface area contributed by atoms with Crippen molar-refractivity contribution in [2.75, 3.05) is 20.3 Å². The molecule has 3 heterocycles. The molecule has 2 aromatic rings. The van der Waals surface area contributed by atoms with Crippen molar-refractivity contribution in [3.8, 4) is 0 Å². The number of amides is 3. The maximum absolute atomic E-state index is 13.1. The lowest BCUT2D eigenvalue weighted by molar-refractivity contribution is -0.126. The molecule has 3 aliphatic heterocycles. The smallest absolute Gasteiger partial charge is 0.262 e. The Labute approximate surface area is 212 Å². The summed E-state index contributed by atoms with van der Waals surface area (Å²) in [4.78, 5) is 52.2. The Morgan fingerprint density at radius 3 is 2.51 bits per heavy atom. The Balaban J connectivity index is 1.17. The standard InChI is InChI=1S/C27H23N5O5/c1-36-18-11-19(13-23-22(12-18)27(35)31-10-4-7-17(31)14-28-23)37-30-29-15-32-25(33)20-8-2-5-16-6-3-9-21(24(16)20)26(32)34/h2-3,5-6,8-9,12-14,17,29-30H,4,7,10,15H2,1H3. The number of nitrogens with one attached hydrogen (secondary N) is 2. The van der Waals surface area contributed by atoms with Crippen LogP contribution >= 0.6 is 0 Å². The van der Waals surface area contributed by atoms with Gasteiger partial charge in [0.25, 0.3) is 17.7 Å². The number of rotatable bonds is 6. The van der Waals surface area contributed by atoms with Gasteiger partial charge in [-0.15, -0.1) is 0 Å². The zero-order valence-corrected chi connectivity index (χ0v) is 20.0. The van der Waals surface area contributed by atoms with E-state index in [1.165, 1.54) is 7.11 Å². The predicted molar refractivity (Wildman–Crippen MR) is 134 cm³/mol. The van der Waals surface area contributed by atoms with Crippen LogP contribution < -0.4 is 11.0 Å². The van der Waals surface area contributed by atoms with E-state index in [0.717, 1.165) is 23.1 Å². The number of allylic oxidation sites excluding steroid dienone is 1. The lowest BCUT2D eigenvalue weighted by atomic mass is 9.94. The van der Waals surface area contributed by atoms with Gasteiger partial charge in [0.1, 0.15) is 0 Å². The fraction of sp³-hybridized carbons (Fsp3) is 0.222. The average Bonchev–Trinajstić information content (AvgIpc) is 3.26. The molecule has 6 rings (SSSR count). The molecule has 1 aliphatic carbocycles. The second-order valence-electron chi connectivity index (χ2n) is 8.92. The van der Waals surface area contributed by atoms with Crippen molar-refractivity contribution in [3.63, 3.8) is 0 Å². The van der Waals surface area contributed by atoms with Gasteiger partial charge < -0.3 is 14.5 Å². The van der Waals surface area contributed by atoms with Crippen LogP contribution in [0.4, 0.5) is 0 Å². The minimum absolute atomic E-state index is 0.0278. The van der Waals surface area contributed by atoms with Crippen molar-refractivity contribution in [1.82, 2.24) is 20.8 Å². The van der Waals surface area contributed by atoms with Gasteiger partial charge in [0.15, 0.2) is 11.5 Å². The number of hydrogen-bond donors (Lipinski definition) is 2. The molecule has 37 heavy (non-hydrogen) atoms. The van der Waals surface area contributed by atoms with Gasteiger partial charge in [-0.1, -0.05) is 29.9 Å². The summed E-state index contributed by atoms with van der Waals surface area (Å²) in [6.45, 7) is 0.533. The third kappa shape index (κ3) is 3.93. The first kappa shape index (κ1) is 22.9. The van der Waals surface area contributed by atoms with Gasteiger partial charge >= 0.3 is 0 Å². The van der Waals surface area contributed by atoms with Crippen LogP contribution in [0, 0.1) is 0 Å². The van der Waals surface area contributed by atoms with Crippen LogP contribution in [0.3, 0.4) is 0 Å². The van der Waals surface area contributed by atoms with Crippen LogP contribution in [-0.4, -0.2) is 60.1 Å². The number of hydrazine groups is 1. The highest BCUT2D eigenvalue weighted by Crippen LogP contribution is 2.30. The van der Waals surface area contributed by atoms with Gasteiger partial charge in [-0.3, -0.25) is 24.3 Å². The Morgan fingerprint density at radius 1 is 1.03 bits per heavy atom. The van der Waals surface area contributed by atoms with Crippen LogP contribution in [-0.2, 0) is 14.4 Å². The van der Waals surface area contributed by atoms with E-state index in [9.17, 15) is 14.4 Å². The van der Waals surface area contributed by atoms with Gasteiger partial charge in [0.05, 0.1) is 31.1 Å². The summed E-state index contributed by atoms with van der Waals surface area (Å²) in [6.07, 6.45) is 6.77. The largest absolute Gasteiger partial charge is 0.489 e. The van der Waals surface area contributed by atoms with E-state index in [2.05, 4.69) is 21.7 Å². The topological polar surface area (TPSA) is 113 Å². The Kier molecular flexibility index (Phi) is 5.69. The first-order valence-corrected chi connectivity index (χ1v) is 11.9. The normalized spacial score (nSPS) is 20.5. The Hall–Kier alpha value is -4.50. The zero-order chi connectivity index (χ0) is 25.5. The molecular formula is C27H23N5O5. The van der Waals surface area contributed by atoms with Crippen molar-refractivity contribution in [2.24, 2.45) is 4.99 Å². The van der Waals surface area contributed by atoms with Crippen molar-refractivity contribution >= 4 is 34.7 Å². The summed E-state index contributed by atoms with van der Waals surface area (Å²) in [6, 6.07) is 10.7. The third-order valence-corrected chi connectivity index (χ3v) is 6.79. The monoisotopic (exact) mass is 497 g/mol. The molecule has 0 spiro atoms. The van der Waals surface area contributed by atoms with E-state index in [1.807, 2.05) is 12.1 Å². The summed E-state index contributed by atoms with van der Waals surface area (Å²) in [5, 5.41) is 1.50. The predicted octanol–water partition coefficient (Wildman–Crippen LogP) is 2.33. The van der Waals surface area contributed by atoms with Crippen LogP contribution in [0.2, 0.25) is 0 Å². The highest BCUT2D eigenvalue weighted by molar-refractivity contribution is 6.25. The number of hydrogen-bond acceptors (Lipinski definition) is 8. The molecule has 1 atom stereocenters. The van der Waals surface area contributed by atoms with Gasteiger partial charge in [-0.25, -0.2) is 5.43 Å². The van der Waals surface area contributed by atoms with Crippen LogP contribution in [0.25, 0.3) is 10.8 Å². The average molecular weight is 498 g/mol. The first-order valence-electron chi connectivity index (χ1n) is 11.9. The van der Waals surface area contributed by atoms with Crippen molar-refractivity contribution in [1.29, 1.82) is 0 Å². The molecule has 186 valence electrons. The number of fused-ring (bicyclic) bond motifs is 2. The maximum Gasteiger partial charge on any atom is 0.262 e. The minimum Gasteiger partial charge on any atom is -0.489 e.